The number of aliphatic hydroxyl groups excluding tert-OH is 1. The highest BCUT2D eigenvalue weighted by atomic mass is 79.9. The lowest BCUT2D eigenvalue weighted by molar-refractivity contribution is 0.147. The highest BCUT2D eigenvalue weighted by molar-refractivity contribution is 9.10. The highest BCUT2D eigenvalue weighted by Crippen LogP contribution is 2.36. The molecule has 2 unspecified atom stereocenters. The van der Waals surface area contributed by atoms with Gasteiger partial charge in [-0.25, -0.2) is 0 Å². The number of halogens is 2. The summed E-state index contributed by atoms with van der Waals surface area (Å²) in [4.78, 5) is 0. The van der Waals surface area contributed by atoms with Crippen LogP contribution in [0.25, 0.3) is 0 Å². The molecule has 0 radical (unpaired) electrons. The molecule has 0 aliphatic rings. The fraction of sp³-hybridized carbons (Fsp3) is 0.250. The van der Waals surface area contributed by atoms with Crippen LogP contribution in [0.4, 0.5) is 0 Å². The van der Waals surface area contributed by atoms with Gasteiger partial charge >= 0.3 is 0 Å². The van der Waals surface area contributed by atoms with Gasteiger partial charge in [-0.2, -0.15) is 0 Å². The van der Waals surface area contributed by atoms with Crippen LogP contribution >= 0.6 is 27.5 Å². The summed E-state index contributed by atoms with van der Waals surface area (Å²) in [6.45, 7) is 0.306. The van der Waals surface area contributed by atoms with Crippen molar-refractivity contribution >= 4 is 27.5 Å². The Morgan fingerprint density at radius 1 is 1.29 bits per heavy atom. The van der Waals surface area contributed by atoms with Crippen molar-refractivity contribution < 1.29 is 9.84 Å². The average Bonchev–Trinajstić information content (AvgIpc) is 2.48. The molecule has 112 valence electrons. The number of aliphatic hydroxyl groups is 1. The number of ether oxygens (including phenoxy) is 1. The van der Waals surface area contributed by atoms with Crippen LogP contribution in [0.2, 0.25) is 5.02 Å². The van der Waals surface area contributed by atoms with Gasteiger partial charge in [0.2, 0.25) is 0 Å². The van der Waals surface area contributed by atoms with E-state index >= 15 is 0 Å². The Kier molecular flexibility index (Phi) is 5.65. The first-order valence-corrected chi connectivity index (χ1v) is 7.71. The summed E-state index contributed by atoms with van der Waals surface area (Å²) in [7, 11) is 1.61. The van der Waals surface area contributed by atoms with E-state index in [0.717, 1.165) is 15.8 Å². The zero-order valence-electron chi connectivity index (χ0n) is 11.6. The number of nitrogens with two attached hydrogens (primary N) is 1. The average molecular weight is 371 g/mol. The van der Waals surface area contributed by atoms with Crippen molar-refractivity contribution in [2.45, 2.75) is 12.0 Å². The second-order valence-corrected chi connectivity index (χ2v) is 6.05. The van der Waals surface area contributed by atoms with Gasteiger partial charge in [0, 0.05) is 22.0 Å². The molecule has 21 heavy (non-hydrogen) atoms. The van der Waals surface area contributed by atoms with Crippen LogP contribution in [-0.2, 0) is 0 Å². The van der Waals surface area contributed by atoms with Crippen LogP contribution in [0.3, 0.4) is 0 Å². The molecule has 0 saturated carbocycles. The van der Waals surface area contributed by atoms with Crippen molar-refractivity contribution in [2.24, 2.45) is 5.73 Å². The highest BCUT2D eigenvalue weighted by Gasteiger charge is 2.23. The Bertz CT molecular complexity index is 621. The van der Waals surface area contributed by atoms with Crippen molar-refractivity contribution in [1.29, 1.82) is 0 Å². The largest absolute Gasteiger partial charge is 0.497 e. The van der Waals surface area contributed by atoms with Crippen molar-refractivity contribution in [2.75, 3.05) is 13.7 Å². The van der Waals surface area contributed by atoms with E-state index < -0.39 is 6.10 Å². The first-order valence-electron chi connectivity index (χ1n) is 6.54. The van der Waals surface area contributed by atoms with E-state index in [9.17, 15) is 5.11 Å². The normalized spacial score (nSPS) is 13.8. The Labute approximate surface area is 137 Å². The maximum atomic E-state index is 10.6. The van der Waals surface area contributed by atoms with Crippen LogP contribution < -0.4 is 10.5 Å². The third-order valence-corrected chi connectivity index (χ3v) is 4.26. The molecule has 5 heteroatoms. The van der Waals surface area contributed by atoms with Crippen LogP contribution in [-0.4, -0.2) is 18.8 Å². The zero-order chi connectivity index (χ0) is 15.4. The van der Waals surface area contributed by atoms with Crippen molar-refractivity contribution in [1.82, 2.24) is 0 Å². The summed E-state index contributed by atoms with van der Waals surface area (Å²) < 4.78 is 6.09. The SMILES string of the molecule is COc1cccc(C(CN)C(O)c2ccc(Br)cc2Cl)c1. The molecule has 2 atom stereocenters. The number of methoxy groups -OCH3 is 1. The molecule has 3 nitrogen and oxygen atoms in total. The predicted octanol–water partition coefficient (Wildman–Crippen LogP) is 3.89. The van der Waals surface area contributed by atoms with E-state index in [0.29, 0.717) is 17.1 Å². The molecule has 2 aromatic carbocycles. The summed E-state index contributed by atoms with van der Waals surface area (Å²) >= 11 is 9.57. The number of rotatable bonds is 5. The molecular weight excluding hydrogens is 354 g/mol. The molecule has 3 N–H and O–H groups in total. The van der Waals surface area contributed by atoms with Gasteiger partial charge in [-0.05, 0) is 35.4 Å². The Morgan fingerprint density at radius 3 is 2.67 bits per heavy atom. The smallest absolute Gasteiger partial charge is 0.119 e. The van der Waals surface area contributed by atoms with E-state index in [1.807, 2.05) is 30.3 Å². The van der Waals surface area contributed by atoms with Gasteiger partial charge < -0.3 is 15.6 Å². The quantitative estimate of drug-likeness (QED) is 0.839. The van der Waals surface area contributed by atoms with E-state index in [2.05, 4.69) is 15.9 Å². The molecular formula is C16H17BrClNO2. The maximum Gasteiger partial charge on any atom is 0.119 e. The van der Waals surface area contributed by atoms with Crippen LogP contribution in [0.5, 0.6) is 5.75 Å². The maximum absolute atomic E-state index is 10.6. The fourth-order valence-corrected chi connectivity index (χ4v) is 3.06. The van der Waals surface area contributed by atoms with Crippen molar-refractivity contribution in [3.05, 3.63) is 63.1 Å². The molecule has 0 aliphatic carbocycles. The monoisotopic (exact) mass is 369 g/mol. The van der Waals surface area contributed by atoms with Crippen molar-refractivity contribution in [3.63, 3.8) is 0 Å². The fourth-order valence-electron chi connectivity index (χ4n) is 2.28. The Morgan fingerprint density at radius 2 is 2.05 bits per heavy atom. The third-order valence-electron chi connectivity index (χ3n) is 3.44. The lowest BCUT2D eigenvalue weighted by Crippen LogP contribution is -2.20. The first kappa shape index (κ1) is 16.3. The molecule has 0 aromatic heterocycles. The molecule has 0 spiro atoms. The van der Waals surface area contributed by atoms with E-state index in [1.165, 1.54) is 0 Å². The molecule has 2 aromatic rings. The Hall–Kier alpha value is -1.07. The molecule has 2 rings (SSSR count). The minimum atomic E-state index is -0.775. The van der Waals surface area contributed by atoms with Crippen LogP contribution in [0.15, 0.2) is 46.9 Å². The van der Waals surface area contributed by atoms with Gasteiger partial charge in [-0.3, -0.25) is 0 Å². The second-order valence-electron chi connectivity index (χ2n) is 4.73. The molecule has 0 aliphatic heterocycles. The first-order chi connectivity index (χ1) is 10.1. The third kappa shape index (κ3) is 3.77. The van der Waals surface area contributed by atoms with E-state index in [1.54, 1.807) is 19.2 Å². The lowest BCUT2D eigenvalue weighted by Gasteiger charge is -2.23. The number of benzene rings is 2. The van der Waals surface area contributed by atoms with Gasteiger partial charge in [-0.15, -0.1) is 0 Å². The van der Waals surface area contributed by atoms with Gasteiger partial charge in [-0.1, -0.05) is 45.7 Å². The minimum absolute atomic E-state index is 0.251. The zero-order valence-corrected chi connectivity index (χ0v) is 13.9. The lowest BCUT2D eigenvalue weighted by atomic mass is 9.89. The molecule has 0 fully saturated rings. The number of hydrogen-bond donors (Lipinski definition) is 2. The predicted molar refractivity (Wildman–Crippen MR) is 88.9 cm³/mol. The summed E-state index contributed by atoms with van der Waals surface area (Å²) in [5, 5.41) is 11.2. The van der Waals surface area contributed by atoms with Gasteiger partial charge in [0.25, 0.3) is 0 Å². The topological polar surface area (TPSA) is 55.5 Å². The number of hydrogen-bond acceptors (Lipinski definition) is 3. The van der Waals surface area contributed by atoms with Crippen LogP contribution in [0.1, 0.15) is 23.1 Å². The summed E-state index contributed by atoms with van der Waals surface area (Å²) in [6, 6.07) is 13.0. The van der Waals surface area contributed by atoms with Gasteiger partial charge in [0.15, 0.2) is 0 Å². The molecule has 0 bridgehead atoms. The standard InChI is InChI=1S/C16H17BrClNO2/c1-21-12-4-2-3-10(7-12)14(9-19)16(20)13-6-5-11(17)8-15(13)18/h2-8,14,16,20H,9,19H2,1H3. The molecule has 0 heterocycles. The summed E-state index contributed by atoms with van der Waals surface area (Å²) in [5.74, 6) is 0.485. The van der Waals surface area contributed by atoms with E-state index in [4.69, 9.17) is 22.1 Å². The Balaban J connectivity index is 2.35. The summed E-state index contributed by atoms with van der Waals surface area (Å²) in [6.07, 6.45) is -0.775. The van der Waals surface area contributed by atoms with Gasteiger partial charge in [0.05, 0.1) is 13.2 Å². The van der Waals surface area contributed by atoms with Gasteiger partial charge in [0.1, 0.15) is 5.75 Å². The molecule has 0 amide bonds. The second kappa shape index (κ2) is 7.27. The van der Waals surface area contributed by atoms with Crippen molar-refractivity contribution in [3.8, 4) is 5.75 Å². The van der Waals surface area contributed by atoms with E-state index in [-0.39, 0.29) is 5.92 Å². The minimum Gasteiger partial charge on any atom is -0.497 e. The van der Waals surface area contributed by atoms with Crippen LogP contribution in [0, 0.1) is 0 Å². The molecule has 0 saturated heterocycles. The summed E-state index contributed by atoms with van der Waals surface area (Å²) in [5.41, 5.74) is 7.45.